The van der Waals surface area contributed by atoms with Crippen LogP contribution in [0.4, 0.5) is 0 Å². The van der Waals surface area contributed by atoms with E-state index in [1.165, 1.54) is 34.2 Å². The molecule has 2 aromatic heterocycles. The average Bonchev–Trinajstić information content (AvgIpc) is 3.20. The molecule has 1 amide bonds. The molecule has 28 heavy (non-hydrogen) atoms. The Balaban J connectivity index is 1.53. The first kappa shape index (κ1) is 20.7. The fourth-order valence-electron chi connectivity index (χ4n) is 2.28. The normalized spacial score (nSPS) is 10.7. The number of amides is 1. The topological polar surface area (TPSA) is 73.2 Å². The third kappa shape index (κ3) is 5.26. The van der Waals surface area contributed by atoms with Crippen molar-refractivity contribution < 1.29 is 9.53 Å². The van der Waals surface area contributed by atoms with E-state index in [1.807, 2.05) is 17.5 Å². The van der Waals surface area contributed by atoms with Gasteiger partial charge in [0.25, 0.3) is 11.5 Å². The molecule has 0 aliphatic rings. The molecule has 1 aromatic carbocycles. The summed E-state index contributed by atoms with van der Waals surface area (Å²) in [5, 5.41) is 9.75. The van der Waals surface area contributed by atoms with Gasteiger partial charge in [-0.15, -0.1) is 11.3 Å². The van der Waals surface area contributed by atoms with Crippen LogP contribution in [0.5, 0.6) is 5.75 Å². The summed E-state index contributed by atoms with van der Waals surface area (Å²) in [6.07, 6.45) is 0. The molecule has 3 rings (SSSR count). The van der Waals surface area contributed by atoms with E-state index in [4.69, 9.17) is 39.5 Å². The number of carbonyl (C=O) groups is 1. The Labute approximate surface area is 179 Å². The molecule has 2 heterocycles. The third-order valence-electron chi connectivity index (χ3n) is 3.62. The number of aromatic nitrogens is 2. The van der Waals surface area contributed by atoms with Gasteiger partial charge in [0.05, 0.1) is 26.5 Å². The van der Waals surface area contributed by atoms with Gasteiger partial charge in [0.1, 0.15) is 11.4 Å². The Morgan fingerprint density at radius 3 is 2.68 bits per heavy atom. The van der Waals surface area contributed by atoms with Crippen LogP contribution in [0.15, 0.2) is 46.6 Å². The predicted octanol–water partition coefficient (Wildman–Crippen LogP) is 4.13. The van der Waals surface area contributed by atoms with Gasteiger partial charge in [-0.25, -0.2) is 4.68 Å². The maximum absolute atomic E-state index is 12.0. The number of ether oxygens (including phenoxy) is 1. The van der Waals surface area contributed by atoms with Crippen molar-refractivity contribution in [2.24, 2.45) is 0 Å². The molecule has 0 saturated heterocycles. The third-order valence-corrected chi connectivity index (χ3v) is 5.53. The lowest BCUT2D eigenvalue weighted by Crippen LogP contribution is -2.34. The zero-order chi connectivity index (χ0) is 20.1. The van der Waals surface area contributed by atoms with Crippen LogP contribution in [-0.2, 0) is 11.3 Å². The van der Waals surface area contributed by atoms with Crippen LogP contribution in [0.1, 0.15) is 0 Å². The van der Waals surface area contributed by atoms with Crippen molar-refractivity contribution in [2.45, 2.75) is 6.54 Å². The summed E-state index contributed by atoms with van der Waals surface area (Å²) in [5.41, 5.74) is 0.465. The highest BCUT2D eigenvalue weighted by atomic mass is 35.5. The summed E-state index contributed by atoms with van der Waals surface area (Å²) < 4.78 is 6.67. The largest absolute Gasteiger partial charge is 0.482 e. The number of rotatable bonds is 7. The van der Waals surface area contributed by atoms with Crippen LogP contribution < -0.4 is 15.6 Å². The standard InChI is InChI=1S/C18H14Cl3N3O3S/c19-11-8-13(21)15(9-12(11)20)27-10-17(25)22-5-6-24-18(26)4-3-14(23-24)16-2-1-7-28-16/h1-4,7-9H,5-6,10H2,(H,22,25). The van der Waals surface area contributed by atoms with E-state index < -0.39 is 0 Å². The molecule has 0 bridgehead atoms. The van der Waals surface area contributed by atoms with Gasteiger partial charge in [-0.05, 0) is 23.6 Å². The zero-order valence-corrected chi connectivity index (χ0v) is 17.4. The van der Waals surface area contributed by atoms with Crippen molar-refractivity contribution in [1.29, 1.82) is 0 Å². The quantitative estimate of drug-likeness (QED) is 0.540. The van der Waals surface area contributed by atoms with Crippen LogP contribution >= 0.6 is 46.1 Å². The van der Waals surface area contributed by atoms with E-state index in [0.29, 0.717) is 10.7 Å². The molecule has 0 radical (unpaired) electrons. The van der Waals surface area contributed by atoms with Gasteiger partial charge < -0.3 is 10.1 Å². The zero-order valence-electron chi connectivity index (χ0n) is 14.3. The molecule has 0 saturated carbocycles. The molecule has 10 heteroatoms. The molecule has 146 valence electrons. The fourth-order valence-corrected chi connectivity index (χ4v) is 3.56. The molecule has 3 aromatic rings. The van der Waals surface area contributed by atoms with Gasteiger partial charge in [-0.2, -0.15) is 5.10 Å². The van der Waals surface area contributed by atoms with Crippen LogP contribution in [0.2, 0.25) is 15.1 Å². The number of nitrogens with one attached hydrogen (secondary N) is 1. The molecule has 1 N–H and O–H groups in total. The van der Waals surface area contributed by atoms with Crippen molar-refractivity contribution in [3.8, 4) is 16.3 Å². The molecule has 0 fully saturated rings. The minimum atomic E-state index is -0.371. The van der Waals surface area contributed by atoms with Crippen molar-refractivity contribution in [1.82, 2.24) is 15.1 Å². The van der Waals surface area contributed by atoms with E-state index in [-0.39, 0.29) is 47.0 Å². The Bertz CT molecular complexity index is 1040. The van der Waals surface area contributed by atoms with Crippen LogP contribution in [0.25, 0.3) is 10.6 Å². The van der Waals surface area contributed by atoms with Gasteiger partial charge in [0.2, 0.25) is 0 Å². The number of nitrogens with zero attached hydrogens (tertiary/aromatic N) is 2. The summed E-state index contributed by atoms with van der Waals surface area (Å²) in [5.74, 6) is -0.114. The van der Waals surface area contributed by atoms with Gasteiger partial charge >= 0.3 is 0 Å². The fraction of sp³-hybridized carbons (Fsp3) is 0.167. The Morgan fingerprint density at radius 2 is 1.93 bits per heavy atom. The molecule has 0 spiro atoms. The van der Waals surface area contributed by atoms with E-state index in [2.05, 4.69) is 10.4 Å². The molecular formula is C18H14Cl3N3O3S. The molecule has 0 atom stereocenters. The maximum Gasteiger partial charge on any atom is 0.266 e. The van der Waals surface area contributed by atoms with Gasteiger partial charge in [0.15, 0.2) is 6.61 Å². The van der Waals surface area contributed by atoms with E-state index in [1.54, 1.807) is 6.07 Å². The second-order valence-corrected chi connectivity index (χ2v) is 7.76. The molecular weight excluding hydrogens is 445 g/mol. The van der Waals surface area contributed by atoms with E-state index in [0.717, 1.165) is 4.88 Å². The number of carbonyl (C=O) groups excluding carboxylic acids is 1. The minimum absolute atomic E-state index is 0.220. The highest BCUT2D eigenvalue weighted by molar-refractivity contribution is 7.13. The lowest BCUT2D eigenvalue weighted by atomic mass is 10.3. The molecule has 0 aliphatic heterocycles. The Kier molecular flexibility index (Phi) is 6.96. The van der Waals surface area contributed by atoms with Gasteiger partial charge in [-0.3, -0.25) is 9.59 Å². The highest BCUT2D eigenvalue weighted by Gasteiger charge is 2.10. The average molecular weight is 459 g/mol. The predicted molar refractivity (Wildman–Crippen MR) is 112 cm³/mol. The summed E-state index contributed by atoms with van der Waals surface area (Å²) in [6.45, 7) is 0.199. The Morgan fingerprint density at radius 1 is 1.14 bits per heavy atom. The van der Waals surface area contributed by atoms with Crippen LogP contribution in [0.3, 0.4) is 0 Å². The lowest BCUT2D eigenvalue weighted by Gasteiger charge is -2.10. The minimum Gasteiger partial charge on any atom is -0.482 e. The first-order chi connectivity index (χ1) is 13.4. The summed E-state index contributed by atoms with van der Waals surface area (Å²) in [6, 6.07) is 9.86. The highest BCUT2D eigenvalue weighted by Crippen LogP contribution is 2.33. The van der Waals surface area contributed by atoms with E-state index in [9.17, 15) is 9.59 Å². The first-order valence-electron chi connectivity index (χ1n) is 8.10. The molecule has 6 nitrogen and oxygen atoms in total. The number of hydrogen-bond acceptors (Lipinski definition) is 5. The molecule has 0 unspecified atom stereocenters. The van der Waals surface area contributed by atoms with Crippen molar-refractivity contribution in [2.75, 3.05) is 13.2 Å². The monoisotopic (exact) mass is 457 g/mol. The number of hydrogen-bond donors (Lipinski definition) is 1. The smallest absolute Gasteiger partial charge is 0.266 e. The van der Waals surface area contributed by atoms with Crippen molar-refractivity contribution in [3.63, 3.8) is 0 Å². The van der Waals surface area contributed by atoms with Crippen molar-refractivity contribution in [3.05, 3.63) is 67.2 Å². The van der Waals surface area contributed by atoms with Crippen LogP contribution in [0, 0.1) is 0 Å². The van der Waals surface area contributed by atoms with Gasteiger partial charge in [0, 0.05) is 18.7 Å². The van der Waals surface area contributed by atoms with Crippen molar-refractivity contribution >= 4 is 52.0 Å². The molecule has 0 aliphatic carbocycles. The second kappa shape index (κ2) is 9.43. The summed E-state index contributed by atoms with van der Waals surface area (Å²) in [4.78, 5) is 24.9. The summed E-state index contributed by atoms with van der Waals surface area (Å²) in [7, 11) is 0. The van der Waals surface area contributed by atoms with Gasteiger partial charge in [-0.1, -0.05) is 40.9 Å². The van der Waals surface area contributed by atoms with Crippen LogP contribution in [-0.4, -0.2) is 28.8 Å². The summed E-state index contributed by atoms with van der Waals surface area (Å²) >= 11 is 19.3. The lowest BCUT2D eigenvalue weighted by molar-refractivity contribution is -0.123. The second-order valence-electron chi connectivity index (χ2n) is 5.59. The maximum atomic E-state index is 12.0. The first-order valence-corrected chi connectivity index (χ1v) is 10.1. The Hall–Kier alpha value is -2.06. The van der Waals surface area contributed by atoms with E-state index >= 15 is 0 Å². The number of thiophene rings is 1. The number of benzene rings is 1. The number of halogens is 3. The SMILES string of the molecule is O=C(COc1cc(Cl)c(Cl)cc1Cl)NCCn1nc(-c2cccs2)ccc1=O.